The van der Waals surface area contributed by atoms with Gasteiger partial charge in [0.25, 0.3) is 0 Å². The monoisotopic (exact) mass is 224 g/mol. The van der Waals surface area contributed by atoms with Crippen LogP contribution in [0.1, 0.15) is 19.8 Å². The first-order valence-corrected chi connectivity index (χ1v) is 5.78. The highest BCUT2D eigenvalue weighted by atomic mass is 16.4. The Labute approximate surface area is 97.2 Å². The fourth-order valence-electron chi connectivity index (χ4n) is 1.94. The quantitative estimate of drug-likeness (QED) is 0.545. The molecule has 0 aromatic heterocycles. The maximum atomic E-state index is 10.8. The van der Waals surface area contributed by atoms with Gasteiger partial charge in [-0.1, -0.05) is 0 Å². The van der Waals surface area contributed by atoms with Crippen molar-refractivity contribution in [1.29, 1.82) is 0 Å². The number of aliphatic carboxylic acids is 1. The SMILES string of the molecule is C#CCCCN1CCN(C(C)C(=O)O)CC1. The third-order valence-corrected chi connectivity index (χ3v) is 3.11. The van der Waals surface area contributed by atoms with E-state index in [4.69, 9.17) is 11.5 Å². The molecule has 1 aliphatic rings. The molecule has 0 spiro atoms. The number of hydrogen-bond donors (Lipinski definition) is 1. The first-order valence-electron chi connectivity index (χ1n) is 5.78. The first-order chi connectivity index (χ1) is 7.65. The number of nitrogens with zero attached hydrogens (tertiary/aromatic N) is 2. The van der Waals surface area contributed by atoms with E-state index in [-0.39, 0.29) is 6.04 Å². The van der Waals surface area contributed by atoms with Gasteiger partial charge in [-0.05, 0) is 19.9 Å². The lowest BCUT2D eigenvalue weighted by molar-refractivity contribution is -0.143. The molecule has 16 heavy (non-hydrogen) atoms. The Hall–Kier alpha value is -1.05. The molecule has 0 saturated carbocycles. The van der Waals surface area contributed by atoms with E-state index in [0.717, 1.165) is 45.6 Å². The van der Waals surface area contributed by atoms with Crippen LogP contribution < -0.4 is 0 Å². The molecule has 1 fully saturated rings. The van der Waals surface area contributed by atoms with Crippen LogP contribution in [0.5, 0.6) is 0 Å². The molecule has 4 heteroatoms. The predicted molar refractivity (Wildman–Crippen MR) is 63.2 cm³/mol. The third kappa shape index (κ3) is 3.84. The average molecular weight is 224 g/mol. The van der Waals surface area contributed by atoms with Crippen LogP contribution in [0.15, 0.2) is 0 Å². The summed E-state index contributed by atoms with van der Waals surface area (Å²) in [5, 5.41) is 8.90. The Morgan fingerprint density at radius 3 is 2.56 bits per heavy atom. The highest BCUT2D eigenvalue weighted by Crippen LogP contribution is 2.07. The standard InChI is InChI=1S/C12H20N2O2/c1-3-4-5-6-13-7-9-14(10-8-13)11(2)12(15)16/h1,11H,4-10H2,2H3,(H,15,16). The molecular weight excluding hydrogens is 204 g/mol. The van der Waals surface area contributed by atoms with Crippen LogP contribution in [0, 0.1) is 12.3 Å². The fraction of sp³-hybridized carbons (Fsp3) is 0.750. The minimum Gasteiger partial charge on any atom is -0.480 e. The third-order valence-electron chi connectivity index (χ3n) is 3.11. The second-order valence-electron chi connectivity index (χ2n) is 4.20. The second-order valence-corrected chi connectivity index (χ2v) is 4.20. The van der Waals surface area contributed by atoms with Crippen LogP contribution in [0.3, 0.4) is 0 Å². The molecule has 1 atom stereocenters. The molecule has 90 valence electrons. The zero-order valence-corrected chi connectivity index (χ0v) is 9.85. The average Bonchev–Trinajstić information content (AvgIpc) is 2.29. The second kappa shape index (κ2) is 6.51. The van der Waals surface area contributed by atoms with E-state index in [2.05, 4.69) is 10.8 Å². The maximum absolute atomic E-state index is 10.8. The summed E-state index contributed by atoms with van der Waals surface area (Å²) >= 11 is 0. The molecule has 0 aromatic carbocycles. The highest BCUT2D eigenvalue weighted by molar-refractivity contribution is 5.72. The molecule has 0 aromatic rings. The number of carboxylic acids is 1. The summed E-state index contributed by atoms with van der Waals surface area (Å²) in [6.07, 6.45) is 7.06. The van der Waals surface area contributed by atoms with Crippen LogP contribution in [0.4, 0.5) is 0 Å². The van der Waals surface area contributed by atoms with Gasteiger partial charge in [-0.2, -0.15) is 0 Å². The molecule has 1 unspecified atom stereocenters. The topological polar surface area (TPSA) is 43.8 Å². The van der Waals surface area contributed by atoms with Crippen molar-refractivity contribution in [3.63, 3.8) is 0 Å². The number of carboxylic acid groups (broad SMARTS) is 1. The normalized spacial score (nSPS) is 20.2. The van der Waals surface area contributed by atoms with Gasteiger partial charge in [-0.15, -0.1) is 12.3 Å². The molecule has 4 nitrogen and oxygen atoms in total. The predicted octanol–water partition coefficient (Wildman–Crippen LogP) is 0.490. The highest BCUT2D eigenvalue weighted by Gasteiger charge is 2.24. The molecule has 0 radical (unpaired) electrons. The zero-order valence-electron chi connectivity index (χ0n) is 9.85. The van der Waals surface area contributed by atoms with Gasteiger partial charge in [-0.25, -0.2) is 0 Å². The van der Waals surface area contributed by atoms with Gasteiger partial charge in [0.15, 0.2) is 0 Å². The van der Waals surface area contributed by atoms with Gasteiger partial charge in [0, 0.05) is 32.6 Å². The summed E-state index contributed by atoms with van der Waals surface area (Å²) in [7, 11) is 0. The van der Waals surface area contributed by atoms with Crippen LogP contribution >= 0.6 is 0 Å². The minimum absolute atomic E-state index is 0.368. The minimum atomic E-state index is -0.735. The van der Waals surface area contributed by atoms with Gasteiger partial charge >= 0.3 is 5.97 Å². The molecular formula is C12H20N2O2. The number of piperazine rings is 1. The van der Waals surface area contributed by atoms with Crippen molar-refractivity contribution < 1.29 is 9.90 Å². The molecule has 1 aliphatic heterocycles. The smallest absolute Gasteiger partial charge is 0.320 e. The Bertz CT molecular complexity index is 265. The summed E-state index contributed by atoms with van der Waals surface area (Å²) in [5.74, 6) is 1.90. The van der Waals surface area contributed by atoms with E-state index in [9.17, 15) is 4.79 Å². The Kier molecular flexibility index (Phi) is 5.30. The van der Waals surface area contributed by atoms with Crippen LogP contribution in [-0.2, 0) is 4.79 Å². The lowest BCUT2D eigenvalue weighted by Gasteiger charge is -2.36. The van der Waals surface area contributed by atoms with Crippen LogP contribution in [-0.4, -0.2) is 59.6 Å². The number of unbranched alkanes of at least 4 members (excludes halogenated alkanes) is 1. The van der Waals surface area contributed by atoms with Gasteiger partial charge in [0.2, 0.25) is 0 Å². The molecule has 1 saturated heterocycles. The largest absolute Gasteiger partial charge is 0.480 e. The summed E-state index contributed by atoms with van der Waals surface area (Å²) in [5.41, 5.74) is 0. The van der Waals surface area contributed by atoms with Gasteiger partial charge in [0.1, 0.15) is 6.04 Å². The molecule has 1 N–H and O–H groups in total. The van der Waals surface area contributed by atoms with Crippen molar-refractivity contribution in [3.8, 4) is 12.3 Å². The van der Waals surface area contributed by atoms with E-state index in [0.29, 0.717) is 0 Å². The van der Waals surface area contributed by atoms with Crippen molar-refractivity contribution in [3.05, 3.63) is 0 Å². The Morgan fingerprint density at radius 2 is 2.06 bits per heavy atom. The summed E-state index contributed by atoms with van der Waals surface area (Å²) in [6.45, 7) is 6.34. The van der Waals surface area contributed by atoms with Crippen LogP contribution in [0.2, 0.25) is 0 Å². The van der Waals surface area contributed by atoms with Gasteiger partial charge < -0.3 is 10.0 Å². The van der Waals surface area contributed by atoms with E-state index in [1.165, 1.54) is 0 Å². The summed E-state index contributed by atoms with van der Waals surface area (Å²) in [4.78, 5) is 15.2. The van der Waals surface area contributed by atoms with E-state index < -0.39 is 5.97 Å². The van der Waals surface area contributed by atoms with Crippen molar-refractivity contribution >= 4 is 5.97 Å². The first kappa shape index (κ1) is 13.0. The molecule has 1 heterocycles. The molecule has 0 aliphatic carbocycles. The summed E-state index contributed by atoms with van der Waals surface area (Å²) < 4.78 is 0. The van der Waals surface area contributed by atoms with Crippen molar-refractivity contribution in [2.45, 2.75) is 25.8 Å². The summed E-state index contributed by atoms with van der Waals surface area (Å²) in [6, 6.07) is -0.368. The lowest BCUT2D eigenvalue weighted by atomic mass is 10.2. The number of terminal acetylenes is 1. The Balaban J connectivity index is 2.23. The number of carbonyl (C=O) groups is 1. The van der Waals surface area contributed by atoms with E-state index in [1.807, 2.05) is 4.90 Å². The molecule has 0 amide bonds. The van der Waals surface area contributed by atoms with Crippen molar-refractivity contribution in [1.82, 2.24) is 9.80 Å². The molecule has 0 bridgehead atoms. The zero-order chi connectivity index (χ0) is 12.0. The van der Waals surface area contributed by atoms with Crippen molar-refractivity contribution in [2.75, 3.05) is 32.7 Å². The lowest BCUT2D eigenvalue weighted by Crippen LogP contribution is -2.51. The fourth-order valence-corrected chi connectivity index (χ4v) is 1.94. The van der Waals surface area contributed by atoms with Crippen LogP contribution in [0.25, 0.3) is 0 Å². The van der Waals surface area contributed by atoms with E-state index in [1.54, 1.807) is 6.92 Å². The maximum Gasteiger partial charge on any atom is 0.320 e. The Morgan fingerprint density at radius 1 is 1.44 bits per heavy atom. The molecule has 1 rings (SSSR count). The van der Waals surface area contributed by atoms with Crippen molar-refractivity contribution in [2.24, 2.45) is 0 Å². The number of hydrogen-bond acceptors (Lipinski definition) is 3. The van der Waals surface area contributed by atoms with E-state index >= 15 is 0 Å². The number of rotatable bonds is 5. The van der Waals surface area contributed by atoms with Gasteiger partial charge in [-0.3, -0.25) is 9.69 Å². The van der Waals surface area contributed by atoms with Gasteiger partial charge in [0.05, 0.1) is 0 Å².